The van der Waals surface area contributed by atoms with Crippen LogP contribution in [0.15, 0.2) is 0 Å². The Bertz CT molecular complexity index is 438. The van der Waals surface area contributed by atoms with Crippen molar-refractivity contribution in [3.05, 3.63) is 0 Å². The SMILES string of the molecule is CC(=O)N1CCC(N2CCC3(CC2)C[C@](C)(O)[C@@H](O)CO3)CC1. The van der Waals surface area contributed by atoms with Crippen molar-refractivity contribution < 1.29 is 19.7 Å². The van der Waals surface area contributed by atoms with E-state index in [1.165, 1.54) is 0 Å². The zero-order chi connectivity index (χ0) is 16.7. The summed E-state index contributed by atoms with van der Waals surface area (Å²) in [5, 5.41) is 20.2. The Morgan fingerprint density at radius 3 is 2.30 bits per heavy atom. The highest BCUT2D eigenvalue weighted by Crippen LogP contribution is 2.40. The van der Waals surface area contributed by atoms with Crippen molar-refractivity contribution in [1.82, 2.24) is 9.80 Å². The first-order valence-corrected chi connectivity index (χ1v) is 8.85. The van der Waals surface area contributed by atoms with Crippen LogP contribution in [0, 0.1) is 0 Å². The first-order chi connectivity index (χ1) is 10.8. The van der Waals surface area contributed by atoms with Crippen LogP contribution in [0.1, 0.15) is 46.0 Å². The molecule has 3 aliphatic heterocycles. The van der Waals surface area contributed by atoms with E-state index in [0.29, 0.717) is 12.5 Å². The molecule has 1 amide bonds. The van der Waals surface area contributed by atoms with Gasteiger partial charge in [-0.3, -0.25) is 4.79 Å². The molecule has 6 nitrogen and oxygen atoms in total. The van der Waals surface area contributed by atoms with Crippen LogP contribution in [-0.4, -0.2) is 82.1 Å². The van der Waals surface area contributed by atoms with Crippen LogP contribution >= 0.6 is 0 Å². The number of carbonyl (C=O) groups is 1. The average Bonchev–Trinajstić information content (AvgIpc) is 2.52. The topological polar surface area (TPSA) is 73.2 Å². The highest BCUT2D eigenvalue weighted by atomic mass is 16.5. The van der Waals surface area contributed by atoms with Gasteiger partial charge >= 0.3 is 0 Å². The highest BCUT2D eigenvalue weighted by molar-refractivity contribution is 5.73. The van der Waals surface area contributed by atoms with Crippen LogP contribution in [0.2, 0.25) is 0 Å². The van der Waals surface area contributed by atoms with E-state index in [4.69, 9.17) is 4.74 Å². The minimum atomic E-state index is -1.05. The lowest BCUT2D eigenvalue weighted by Crippen LogP contribution is -2.60. The number of likely N-dealkylation sites (tertiary alicyclic amines) is 2. The third kappa shape index (κ3) is 3.55. The van der Waals surface area contributed by atoms with E-state index in [1.54, 1.807) is 13.8 Å². The van der Waals surface area contributed by atoms with Crippen molar-refractivity contribution in [1.29, 1.82) is 0 Å². The second-order valence-electron chi connectivity index (χ2n) is 7.82. The van der Waals surface area contributed by atoms with Crippen molar-refractivity contribution in [2.75, 3.05) is 32.8 Å². The van der Waals surface area contributed by atoms with Crippen LogP contribution in [0.5, 0.6) is 0 Å². The van der Waals surface area contributed by atoms with Crippen molar-refractivity contribution in [2.24, 2.45) is 0 Å². The van der Waals surface area contributed by atoms with E-state index < -0.39 is 11.7 Å². The van der Waals surface area contributed by atoms with Gasteiger partial charge in [-0.05, 0) is 32.6 Å². The third-order valence-electron chi connectivity index (χ3n) is 6.08. The van der Waals surface area contributed by atoms with Crippen LogP contribution in [0.3, 0.4) is 0 Å². The van der Waals surface area contributed by atoms with Crippen LogP contribution < -0.4 is 0 Å². The Balaban J connectivity index is 1.52. The van der Waals surface area contributed by atoms with Crippen LogP contribution in [0.25, 0.3) is 0 Å². The molecule has 3 heterocycles. The first-order valence-electron chi connectivity index (χ1n) is 8.85. The van der Waals surface area contributed by atoms with Gasteiger partial charge in [0.15, 0.2) is 0 Å². The summed E-state index contributed by atoms with van der Waals surface area (Å²) in [6.45, 7) is 7.24. The molecule has 2 N–H and O–H groups in total. The molecule has 3 rings (SSSR count). The zero-order valence-electron chi connectivity index (χ0n) is 14.3. The molecule has 3 fully saturated rings. The maximum Gasteiger partial charge on any atom is 0.219 e. The van der Waals surface area contributed by atoms with E-state index in [2.05, 4.69) is 4.90 Å². The number of amides is 1. The summed E-state index contributed by atoms with van der Waals surface area (Å²) in [6.07, 6.45) is 3.62. The van der Waals surface area contributed by atoms with Crippen LogP contribution in [-0.2, 0) is 9.53 Å². The highest BCUT2D eigenvalue weighted by Gasteiger charge is 2.49. The normalized spacial score (nSPS) is 36.3. The van der Waals surface area contributed by atoms with Crippen molar-refractivity contribution >= 4 is 5.91 Å². The smallest absolute Gasteiger partial charge is 0.219 e. The van der Waals surface area contributed by atoms with Gasteiger partial charge in [0.1, 0.15) is 6.10 Å². The lowest BCUT2D eigenvalue weighted by atomic mass is 9.76. The molecule has 0 radical (unpaired) electrons. The van der Waals surface area contributed by atoms with E-state index in [1.807, 2.05) is 4.90 Å². The summed E-state index contributed by atoms with van der Waals surface area (Å²) < 4.78 is 5.95. The Morgan fingerprint density at radius 1 is 1.17 bits per heavy atom. The third-order valence-corrected chi connectivity index (χ3v) is 6.08. The van der Waals surface area contributed by atoms with Gasteiger partial charge in [0.25, 0.3) is 0 Å². The maximum atomic E-state index is 11.4. The summed E-state index contributed by atoms with van der Waals surface area (Å²) in [5.74, 6) is 0.178. The second-order valence-corrected chi connectivity index (χ2v) is 7.82. The van der Waals surface area contributed by atoms with Gasteiger partial charge in [0.2, 0.25) is 5.91 Å². The first kappa shape index (κ1) is 17.1. The molecule has 23 heavy (non-hydrogen) atoms. The number of hydrogen-bond donors (Lipinski definition) is 2. The molecule has 0 aromatic rings. The molecule has 0 bridgehead atoms. The predicted molar refractivity (Wildman–Crippen MR) is 86.0 cm³/mol. The number of rotatable bonds is 1. The van der Waals surface area contributed by atoms with Crippen LogP contribution in [0.4, 0.5) is 0 Å². The number of piperidine rings is 2. The maximum absolute atomic E-state index is 11.4. The molecule has 0 saturated carbocycles. The molecule has 3 aliphatic rings. The molecule has 0 aromatic carbocycles. The number of nitrogens with zero attached hydrogens (tertiary/aromatic N) is 2. The molecule has 3 saturated heterocycles. The van der Waals surface area contributed by atoms with E-state index in [9.17, 15) is 15.0 Å². The number of carbonyl (C=O) groups excluding carboxylic acids is 1. The summed E-state index contributed by atoms with van der Waals surface area (Å²) in [4.78, 5) is 15.9. The molecule has 0 unspecified atom stereocenters. The Morgan fingerprint density at radius 2 is 1.78 bits per heavy atom. The van der Waals surface area contributed by atoms with Crippen molar-refractivity contribution in [2.45, 2.75) is 69.3 Å². The Kier molecular flexibility index (Phi) is 4.71. The van der Waals surface area contributed by atoms with Gasteiger partial charge in [0.05, 0.1) is 17.8 Å². The molecule has 0 aromatic heterocycles. The second kappa shape index (κ2) is 6.31. The van der Waals surface area contributed by atoms with E-state index >= 15 is 0 Å². The number of aliphatic hydroxyl groups is 2. The standard InChI is InChI=1S/C17H30N2O4/c1-13(20)18-7-3-14(4-8-18)19-9-5-17(6-10-19)12-16(2,22)15(21)11-23-17/h14-15,21-22H,3-12H2,1-2H3/t15-,16-/m0/s1. The monoisotopic (exact) mass is 326 g/mol. The molecule has 2 atom stereocenters. The lowest BCUT2D eigenvalue weighted by Gasteiger charge is -2.51. The van der Waals surface area contributed by atoms with Crippen molar-refractivity contribution in [3.63, 3.8) is 0 Å². The summed E-state index contributed by atoms with van der Waals surface area (Å²) >= 11 is 0. The van der Waals surface area contributed by atoms with E-state index in [0.717, 1.165) is 51.9 Å². The molecule has 1 spiro atoms. The van der Waals surface area contributed by atoms with Gasteiger partial charge in [-0.1, -0.05) is 0 Å². The largest absolute Gasteiger partial charge is 0.388 e. The number of hydrogen-bond acceptors (Lipinski definition) is 5. The van der Waals surface area contributed by atoms with Gasteiger partial charge in [-0.2, -0.15) is 0 Å². The number of ether oxygens (including phenoxy) is 1. The summed E-state index contributed by atoms with van der Waals surface area (Å²) in [7, 11) is 0. The molecular weight excluding hydrogens is 296 g/mol. The molecule has 132 valence electrons. The average molecular weight is 326 g/mol. The fourth-order valence-corrected chi connectivity index (χ4v) is 4.42. The Labute approximate surface area is 138 Å². The minimum absolute atomic E-state index is 0.178. The minimum Gasteiger partial charge on any atom is -0.388 e. The van der Waals surface area contributed by atoms with Gasteiger partial charge in [-0.15, -0.1) is 0 Å². The van der Waals surface area contributed by atoms with Crippen molar-refractivity contribution in [3.8, 4) is 0 Å². The van der Waals surface area contributed by atoms with Gasteiger partial charge < -0.3 is 24.7 Å². The predicted octanol–water partition coefficient (Wildman–Crippen LogP) is 0.364. The number of aliphatic hydroxyl groups excluding tert-OH is 1. The lowest BCUT2D eigenvalue weighted by molar-refractivity contribution is -0.224. The Hall–Kier alpha value is -0.690. The van der Waals surface area contributed by atoms with Gasteiger partial charge in [0, 0.05) is 45.6 Å². The zero-order valence-corrected chi connectivity index (χ0v) is 14.3. The molecule has 6 heteroatoms. The summed E-state index contributed by atoms with van der Waals surface area (Å²) in [5.41, 5.74) is -1.33. The van der Waals surface area contributed by atoms with Gasteiger partial charge in [-0.25, -0.2) is 0 Å². The fraction of sp³-hybridized carbons (Fsp3) is 0.941. The molecule has 0 aliphatic carbocycles. The fourth-order valence-electron chi connectivity index (χ4n) is 4.42. The quantitative estimate of drug-likeness (QED) is 0.728. The summed E-state index contributed by atoms with van der Waals surface area (Å²) in [6, 6.07) is 0.553. The molecular formula is C17H30N2O4. The van der Waals surface area contributed by atoms with E-state index in [-0.39, 0.29) is 18.1 Å².